The van der Waals surface area contributed by atoms with Gasteiger partial charge in [-0.2, -0.15) is 0 Å². The van der Waals surface area contributed by atoms with Gasteiger partial charge in [0.1, 0.15) is 6.10 Å². The standard InChI is InChI=1S/C12H16O/c1-2-13-12-7-8-6-11(12)10-5-3-4-9(8)10/h2-4,8-12H,1,5-7H2/t8-,9-,10-,11-,12+/m1/s1. The van der Waals surface area contributed by atoms with E-state index in [1.54, 1.807) is 6.26 Å². The molecule has 0 spiro atoms. The molecule has 0 aliphatic heterocycles. The molecule has 0 unspecified atom stereocenters. The lowest BCUT2D eigenvalue weighted by Gasteiger charge is -2.30. The number of rotatable bonds is 2. The summed E-state index contributed by atoms with van der Waals surface area (Å²) in [6, 6.07) is 0. The van der Waals surface area contributed by atoms with E-state index in [0.717, 1.165) is 23.7 Å². The Morgan fingerprint density at radius 2 is 2.23 bits per heavy atom. The van der Waals surface area contributed by atoms with Crippen molar-refractivity contribution in [1.29, 1.82) is 0 Å². The Kier molecular flexibility index (Phi) is 1.55. The van der Waals surface area contributed by atoms with Gasteiger partial charge < -0.3 is 4.74 Å². The lowest BCUT2D eigenvalue weighted by Crippen LogP contribution is -2.29. The maximum atomic E-state index is 5.58. The van der Waals surface area contributed by atoms with E-state index in [9.17, 15) is 0 Å². The molecule has 3 aliphatic carbocycles. The summed E-state index contributed by atoms with van der Waals surface area (Å²) in [5.41, 5.74) is 0. The van der Waals surface area contributed by atoms with Crippen LogP contribution in [0.5, 0.6) is 0 Å². The quantitative estimate of drug-likeness (QED) is 0.464. The molecular weight excluding hydrogens is 160 g/mol. The molecule has 0 radical (unpaired) electrons. The maximum Gasteiger partial charge on any atom is 0.101 e. The second-order valence-corrected chi connectivity index (χ2v) is 4.64. The lowest BCUT2D eigenvalue weighted by atomic mass is 9.80. The van der Waals surface area contributed by atoms with Crippen LogP contribution in [-0.4, -0.2) is 6.10 Å². The van der Waals surface area contributed by atoms with Crippen molar-refractivity contribution in [1.82, 2.24) is 0 Å². The van der Waals surface area contributed by atoms with Crippen molar-refractivity contribution in [2.24, 2.45) is 23.7 Å². The van der Waals surface area contributed by atoms with Gasteiger partial charge in [-0.1, -0.05) is 18.7 Å². The molecule has 3 aliphatic rings. The van der Waals surface area contributed by atoms with Crippen LogP contribution in [0.3, 0.4) is 0 Å². The summed E-state index contributed by atoms with van der Waals surface area (Å²) < 4.78 is 5.58. The van der Waals surface area contributed by atoms with Crippen LogP contribution in [0, 0.1) is 23.7 Å². The first-order chi connectivity index (χ1) is 6.40. The maximum absolute atomic E-state index is 5.58. The fraction of sp³-hybridized carbons (Fsp3) is 0.667. The molecule has 2 saturated carbocycles. The Balaban J connectivity index is 1.80. The first-order valence-corrected chi connectivity index (χ1v) is 5.33. The highest BCUT2D eigenvalue weighted by atomic mass is 16.5. The Morgan fingerprint density at radius 3 is 3.08 bits per heavy atom. The van der Waals surface area contributed by atoms with Crippen LogP contribution in [0.2, 0.25) is 0 Å². The number of ether oxygens (including phenoxy) is 1. The average Bonchev–Trinajstić information content (AvgIpc) is 2.72. The Bertz CT molecular complexity index is 256. The molecule has 3 rings (SSSR count). The largest absolute Gasteiger partial charge is 0.498 e. The van der Waals surface area contributed by atoms with Gasteiger partial charge in [-0.25, -0.2) is 0 Å². The van der Waals surface area contributed by atoms with Crippen LogP contribution in [0.4, 0.5) is 0 Å². The minimum absolute atomic E-state index is 0.489. The number of fused-ring (bicyclic) bond motifs is 5. The zero-order valence-electron chi connectivity index (χ0n) is 7.86. The molecule has 2 bridgehead atoms. The van der Waals surface area contributed by atoms with Crippen LogP contribution >= 0.6 is 0 Å². The van der Waals surface area contributed by atoms with Crippen LogP contribution in [0.25, 0.3) is 0 Å². The molecule has 0 aromatic rings. The highest BCUT2D eigenvalue weighted by molar-refractivity contribution is 5.14. The van der Waals surface area contributed by atoms with Crippen LogP contribution in [-0.2, 0) is 4.74 Å². The molecule has 1 nitrogen and oxygen atoms in total. The van der Waals surface area contributed by atoms with Gasteiger partial charge in [-0.15, -0.1) is 0 Å². The third-order valence-corrected chi connectivity index (χ3v) is 4.21. The summed E-state index contributed by atoms with van der Waals surface area (Å²) in [4.78, 5) is 0. The number of hydrogen-bond acceptors (Lipinski definition) is 1. The monoisotopic (exact) mass is 176 g/mol. The Morgan fingerprint density at radius 1 is 1.31 bits per heavy atom. The van der Waals surface area contributed by atoms with E-state index in [1.807, 2.05) is 0 Å². The van der Waals surface area contributed by atoms with Gasteiger partial charge in [0.05, 0.1) is 6.26 Å². The van der Waals surface area contributed by atoms with Crippen molar-refractivity contribution in [3.63, 3.8) is 0 Å². The summed E-state index contributed by atoms with van der Waals surface area (Å²) in [5, 5.41) is 0. The predicted molar refractivity (Wildman–Crippen MR) is 52.0 cm³/mol. The SMILES string of the molecule is C=CO[C@H]1C[C@H]2C[C@@H]1[C@@H]1CC=C[C@H]21. The first kappa shape index (κ1) is 7.66. The number of allylic oxidation sites excluding steroid dienone is 2. The van der Waals surface area contributed by atoms with Gasteiger partial charge in [0.15, 0.2) is 0 Å². The van der Waals surface area contributed by atoms with Crippen molar-refractivity contribution in [2.45, 2.75) is 25.4 Å². The molecule has 70 valence electrons. The third kappa shape index (κ3) is 0.932. The Hall–Kier alpha value is -0.720. The van der Waals surface area contributed by atoms with Crippen LogP contribution < -0.4 is 0 Å². The summed E-state index contributed by atoms with van der Waals surface area (Å²) in [5.74, 6) is 3.54. The zero-order chi connectivity index (χ0) is 8.84. The molecular formula is C12H16O. The van der Waals surface area contributed by atoms with Gasteiger partial charge >= 0.3 is 0 Å². The summed E-state index contributed by atoms with van der Waals surface area (Å²) in [7, 11) is 0. The van der Waals surface area contributed by atoms with Gasteiger partial charge in [0.2, 0.25) is 0 Å². The van der Waals surface area contributed by atoms with Crippen molar-refractivity contribution in [3.05, 3.63) is 25.0 Å². The second-order valence-electron chi connectivity index (χ2n) is 4.64. The average molecular weight is 176 g/mol. The molecule has 0 N–H and O–H groups in total. The van der Waals surface area contributed by atoms with Crippen LogP contribution in [0.1, 0.15) is 19.3 Å². The summed E-state index contributed by atoms with van der Waals surface area (Å²) in [6.07, 6.45) is 10.9. The summed E-state index contributed by atoms with van der Waals surface area (Å²) in [6.45, 7) is 3.66. The van der Waals surface area contributed by atoms with Gasteiger partial charge in [0.25, 0.3) is 0 Å². The van der Waals surface area contributed by atoms with Gasteiger partial charge in [-0.3, -0.25) is 0 Å². The van der Waals surface area contributed by atoms with Gasteiger partial charge in [0, 0.05) is 0 Å². The van der Waals surface area contributed by atoms with E-state index in [4.69, 9.17) is 4.74 Å². The molecule has 0 heterocycles. The first-order valence-electron chi connectivity index (χ1n) is 5.33. The molecule has 5 atom stereocenters. The Labute approximate surface area is 79.5 Å². The smallest absolute Gasteiger partial charge is 0.101 e. The minimum atomic E-state index is 0.489. The molecule has 1 heteroatoms. The molecule has 0 saturated heterocycles. The van der Waals surface area contributed by atoms with E-state index in [2.05, 4.69) is 18.7 Å². The second kappa shape index (κ2) is 2.63. The van der Waals surface area contributed by atoms with Crippen molar-refractivity contribution < 1.29 is 4.74 Å². The third-order valence-electron chi connectivity index (χ3n) is 4.21. The van der Waals surface area contributed by atoms with Crippen molar-refractivity contribution in [3.8, 4) is 0 Å². The van der Waals surface area contributed by atoms with E-state index in [0.29, 0.717) is 6.10 Å². The molecule has 0 aromatic heterocycles. The fourth-order valence-corrected chi connectivity index (χ4v) is 3.78. The molecule has 0 amide bonds. The van der Waals surface area contributed by atoms with E-state index >= 15 is 0 Å². The van der Waals surface area contributed by atoms with E-state index < -0.39 is 0 Å². The molecule has 0 aromatic carbocycles. The van der Waals surface area contributed by atoms with Crippen molar-refractivity contribution >= 4 is 0 Å². The zero-order valence-corrected chi connectivity index (χ0v) is 7.86. The minimum Gasteiger partial charge on any atom is -0.498 e. The normalized spacial score (nSPS) is 50.9. The van der Waals surface area contributed by atoms with E-state index in [1.165, 1.54) is 19.3 Å². The number of hydrogen-bond donors (Lipinski definition) is 0. The van der Waals surface area contributed by atoms with Gasteiger partial charge in [-0.05, 0) is 42.9 Å². The van der Waals surface area contributed by atoms with Crippen LogP contribution in [0.15, 0.2) is 25.0 Å². The summed E-state index contributed by atoms with van der Waals surface area (Å²) >= 11 is 0. The lowest BCUT2D eigenvalue weighted by molar-refractivity contribution is 0.0539. The molecule has 13 heavy (non-hydrogen) atoms. The predicted octanol–water partition coefficient (Wildman–Crippen LogP) is 2.75. The molecule has 2 fully saturated rings. The topological polar surface area (TPSA) is 9.23 Å². The van der Waals surface area contributed by atoms with Crippen molar-refractivity contribution in [2.75, 3.05) is 0 Å². The highest BCUT2D eigenvalue weighted by Gasteiger charge is 2.53. The highest BCUT2D eigenvalue weighted by Crippen LogP contribution is 2.57. The van der Waals surface area contributed by atoms with E-state index in [-0.39, 0.29) is 0 Å². The fourth-order valence-electron chi connectivity index (χ4n) is 3.78.